The summed E-state index contributed by atoms with van der Waals surface area (Å²) in [5, 5.41) is 0. The molecular weight excluding hydrogens is 297 g/mol. The van der Waals surface area contributed by atoms with E-state index >= 15 is 0 Å². The van der Waals surface area contributed by atoms with Crippen LogP contribution in [0.2, 0.25) is 0 Å². The lowest BCUT2D eigenvalue weighted by Gasteiger charge is -2.23. The highest BCUT2D eigenvalue weighted by Gasteiger charge is 2.29. The van der Waals surface area contributed by atoms with Gasteiger partial charge in [0.2, 0.25) is 0 Å². The van der Waals surface area contributed by atoms with Crippen molar-refractivity contribution in [3.63, 3.8) is 0 Å². The zero-order chi connectivity index (χ0) is 17.0. The van der Waals surface area contributed by atoms with Crippen molar-refractivity contribution in [2.45, 2.75) is 51.8 Å². The van der Waals surface area contributed by atoms with Crippen LogP contribution in [0.15, 0.2) is 24.3 Å². The Kier molecular flexibility index (Phi) is 5.85. The topological polar surface area (TPSA) is 35.5 Å². The highest BCUT2D eigenvalue weighted by molar-refractivity contribution is 5.78. The molecule has 1 atom stereocenters. The van der Waals surface area contributed by atoms with Gasteiger partial charge in [-0.1, -0.05) is 19.1 Å². The van der Waals surface area contributed by atoms with Crippen molar-refractivity contribution in [3.8, 4) is 5.75 Å². The summed E-state index contributed by atoms with van der Waals surface area (Å²) < 4.78 is 46.2. The second-order valence-electron chi connectivity index (χ2n) is 5.97. The van der Waals surface area contributed by atoms with E-state index in [1.807, 2.05) is 6.92 Å². The molecule has 0 aliphatic heterocycles. The molecule has 0 spiro atoms. The van der Waals surface area contributed by atoms with Crippen molar-refractivity contribution >= 4 is 5.97 Å². The van der Waals surface area contributed by atoms with E-state index in [1.165, 1.54) is 12.1 Å². The fourth-order valence-electron chi connectivity index (χ4n) is 1.87. The molecule has 0 amide bonds. The summed E-state index contributed by atoms with van der Waals surface area (Å²) in [6, 6.07) is 6.02. The molecule has 3 nitrogen and oxygen atoms in total. The van der Waals surface area contributed by atoms with E-state index < -0.39 is 24.3 Å². The molecule has 0 saturated carbocycles. The number of hydrogen-bond donors (Lipinski definition) is 0. The average Bonchev–Trinajstić information content (AvgIpc) is 2.35. The maximum atomic E-state index is 12.1. The summed E-state index contributed by atoms with van der Waals surface area (Å²) in [7, 11) is 0. The van der Waals surface area contributed by atoms with Gasteiger partial charge in [0.1, 0.15) is 11.4 Å². The molecule has 0 aliphatic rings. The van der Waals surface area contributed by atoms with Gasteiger partial charge in [0.15, 0.2) is 6.61 Å². The molecule has 0 aromatic heterocycles. The van der Waals surface area contributed by atoms with Gasteiger partial charge in [0.05, 0.1) is 5.92 Å². The second kappa shape index (κ2) is 7.03. The Hall–Kier alpha value is -1.72. The zero-order valence-corrected chi connectivity index (χ0v) is 13.2. The van der Waals surface area contributed by atoms with Gasteiger partial charge in [-0.05, 0) is 44.9 Å². The molecule has 0 N–H and O–H groups in total. The van der Waals surface area contributed by atoms with Gasteiger partial charge in [-0.3, -0.25) is 4.79 Å². The van der Waals surface area contributed by atoms with E-state index in [0.717, 1.165) is 0 Å². The lowest BCUT2D eigenvalue weighted by Crippen LogP contribution is -2.27. The molecule has 0 fully saturated rings. The first-order valence-electron chi connectivity index (χ1n) is 7.04. The molecule has 0 aliphatic carbocycles. The Morgan fingerprint density at radius 2 is 1.68 bits per heavy atom. The Bertz CT molecular complexity index is 487. The Morgan fingerprint density at radius 3 is 2.09 bits per heavy atom. The molecule has 0 radical (unpaired) electrons. The summed E-state index contributed by atoms with van der Waals surface area (Å²) in [5.41, 5.74) is 0.108. The minimum atomic E-state index is -4.37. The summed E-state index contributed by atoms with van der Waals surface area (Å²) in [6.45, 7) is 5.86. The minimum absolute atomic E-state index is 0.111. The van der Waals surface area contributed by atoms with Crippen molar-refractivity contribution in [3.05, 3.63) is 29.8 Å². The van der Waals surface area contributed by atoms with Crippen LogP contribution >= 0.6 is 0 Å². The van der Waals surface area contributed by atoms with E-state index in [2.05, 4.69) is 4.74 Å². The van der Waals surface area contributed by atoms with Crippen molar-refractivity contribution < 1.29 is 27.4 Å². The second-order valence-corrected chi connectivity index (χ2v) is 5.97. The molecule has 22 heavy (non-hydrogen) atoms. The van der Waals surface area contributed by atoms with Crippen molar-refractivity contribution in [2.24, 2.45) is 0 Å². The molecule has 1 aromatic rings. The summed E-state index contributed by atoms with van der Waals surface area (Å²) in [5.74, 6) is -0.685. The first kappa shape index (κ1) is 18.3. The van der Waals surface area contributed by atoms with Crippen LogP contribution in [0.3, 0.4) is 0 Å². The molecule has 1 unspecified atom stereocenters. The van der Waals surface area contributed by atoms with Gasteiger partial charge in [-0.2, -0.15) is 13.2 Å². The van der Waals surface area contributed by atoms with Crippen LogP contribution < -0.4 is 4.74 Å². The highest BCUT2D eigenvalue weighted by atomic mass is 19.4. The van der Waals surface area contributed by atoms with Crippen LogP contribution in [0.1, 0.15) is 45.6 Å². The molecule has 0 heterocycles. The highest BCUT2D eigenvalue weighted by Crippen LogP contribution is 2.26. The Balaban J connectivity index is 2.76. The monoisotopic (exact) mass is 318 g/mol. The third-order valence-electron chi connectivity index (χ3n) is 2.78. The zero-order valence-electron chi connectivity index (χ0n) is 13.2. The Morgan fingerprint density at radius 1 is 1.14 bits per heavy atom. The molecule has 1 aromatic carbocycles. The number of benzene rings is 1. The van der Waals surface area contributed by atoms with E-state index in [-0.39, 0.29) is 11.7 Å². The molecule has 6 heteroatoms. The van der Waals surface area contributed by atoms with Gasteiger partial charge < -0.3 is 9.47 Å². The maximum Gasteiger partial charge on any atom is 0.422 e. The third-order valence-corrected chi connectivity index (χ3v) is 2.78. The van der Waals surface area contributed by atoms with Crippen molar-refractivity contribution in [1.29, 1.82) is 0 Å². The summed E-state index contributed by atoms with van der Waals surface area (Å²) >= 11 is 0. The number of rotatable bonds is 5. The number of ether oxygens (including phenoxy) is 2. The van der Waals surface area contributed by atoms with Crippen LogP contribution in [-0.2, 0) is 9.53 Å². The maximum absolute atomic E-state index is 12.1. The van der Waals surface area contributed by atoms with Crippen LogP contribution in [0.5, 0.6) is 5.75 Å². The lowest BCUT2D eigenvalue weighted by atomic mass is 9.96. The molecule has 0 bridgehead atoms. The predicted octanol–water partition coefficient (Wildman–Crippen LogP) is 4.46. The SMILES string of the molecule is CCC(C(=O)OC(C)(C)C)c1ccc(OCC(F)(F)F)cc1. The summed E-state index contributed by atoms with van der Waals surface area (Å²) in [4.78, 5) is 12.1. The van der Waals surface area contributed by atoms with Gasteiger partial charge in [-0.15, -0.1) is 0 Å². The van der Waals surface area contributed by atoms with Gasteiger partial charge in [0, 0.05) is 0 Å². The van der Waals surface area contributed by atoms with Crippen LogP contribution in [-0.4, -0.2) is 24.4 Å². The third kappa shape index (κ3) is 6.37. The van der Waals surface area contributed by atoms with Gasteiger partial charge in [-0.25, -0.2) is 0 Å². The van der Waals surface area contributed by atoms with E-state index in [4.69, 9.17) is 4.74 Å². The largest absolute Gasteiger partial charge is 0.484 e. The number of alkyl halides is 3. The molecule has 124 valence electrons. The van der Waals surface area contributed by atoms with Crippen LogP contribution in [0.25, 0.3) is 0 Å². The standard InChI is InChI=1S/C16H21F3O3/c1-5-13(14(20)22-15(2,3)4)11-6-8-12(9-7-11)21-10-16(17,18)19/h6-9,13H,5,10H2,1-4H3. The average molecular weight is 318 g/mol. The number of carbonyl (C=O) groups excluding carboxylic acids is 1. The number of esters is 1. The minimum Gasteiger partial charge on any atom is -0.484 e. The number of carbonyl (C=O) groups is 1. The molecule has 0 saturated heterocycles. The van der Waals surface area contributed by atoms with E-state index in [0.29, 0.717) is 12.0 Å². The smallest absolute Gasteiger partial charge is 0.422 e. The normalized spacial score (nSPS) is 13.6. The van der Waals surface area contributed by atoms with E-state index in [1.54, 1.807) is 32.9 Å². The van der Waals surface area contributed by atoms with Crippen molar-refractivity contribution in [1.82, 2.24) is 0 Å². The number of halogens is 3. The van der Waals surface area contributed by atoms with Crippen LogP contribution in [0.4, 0.5) is 13.2 Å². The number of hydrogen-bond acceptors (Lipinski definition) is 3. The lowest BCUT2D eigenvalue weighted by molar-refractivity contribution is -0.157. The molecule has 1 rings (SSSR count). The van der Waals surface area contributed by atoms with Gasteiger partial charge in [0.25, 0.3) is 0 Å². The Labute approximate surface area is 128 Å². The first-order valence-corrected chi connectivity index (χ1v) is 7.04. The van der Waals surface area contributed by atoms with Gasteiger partial charge >= 0.3 is 12.1 Å². The van der Waals surface area contributed by atoms with E-state index in [9.17, 15) is 18.0 Å². The quantitative estimate of drug-likeness (QED) is 0.752. The van der Waals surface area contributed by atoms with Crippen molar-refractivity contribution in [2.75, 3.05) is 6.61 Å². The molecular formula is C16H21F3O3. The predicted molar refractivity (Wildman–Crippen MR) is 76.9 cm³/mol. The first-order chi connectivity index (χ1) is 10.0. The summed E-state index contributed by atoms with van der Waals surface area (Å²) in [6.07, 6.45) is -3.83. The van der Waals surface area contributed by atoms with Crippen LogP contribution in [0, 0.1) is 0 Å². The fourth-order valence-corrected chi connectivity index (χ4v) is 1.87. The fraction of sp³-hybridized carbons (Fsp3) is 0.562.